The number of aromatic nitrogens is 1. The Balaban J connectivity index is 1.97. The fourth-order valence-corrected chi connectivity index (χ4v) is 3.03. The molecule has 0 aliphatic heterocycles. The maximum absolute atomic E-state index is 13.3. The quantitative estimate of drug-likeness (QED) is 0.744. The van der Waals surface area contributed by atoms with Gasteiger partial charge in [0.25, 0.3) is 0 Å². The molecule has 0 atom stereocenters. The molecule has 0 bridgehead atoms. The molecule has 3 rings (SSSR count). The molecule has 0 saturated heterocycles. The van der Waals surface area contributed by atoms with E-state index in [-0.39, 0.29) is 5.82 Å². The van der Waals surface area contributed by atoms with Gasteiger partial charge >= 0.3 is 0 Å². The molecule has 1 N–H and O–H groups in total. The lowest BCUT2D eigenvalue weighted by molar-refractivity contribution is 0.619. The van der Waals surface area contributed by atoms with Gasteiger partial charge in [-0.2, -0.15) is 0 Å². The number of halogens is 2. The summed E-state index contributed by atoms with van der Waals surface area (Å²) in [7, 11) is 1.95. The molecule has 0 unspecified atom stereocenters. The molecule has 21 heavy (non-hydrogen) atoms. The lowest BCUT2D eigenvalue weighted by atomic mass is 10.1. The first-order valence-electron chi connectivity index (χ1n) is 6.84. The Morgan fingerprint density at radius 3 is 2.81 bits per heavy atom. The molecule has 1 aromatic heterocycles. The molecule has 1 heterocycles. The summed E-state index contributed by atoms with van der Waals surface area (Å²) >= 11 is 3.24. The zero-order valence-electron chi connectivity index (χ0n) is 11.7. The van der Waals surface area contributed by atoms with E-state index in [1.807, 2.05) is 19.2 Å². The van der Waals surface area contributed by atoms with Gasteiger partial charge in [0.1, 0.15) is 5.82 Å². The van der Waals surface area contributed by atoms with Crippen LogP contribution in [0.5, 0.6) is 0 Å². The van der Waals surface area contributed by atoms with Crippen LogP contribution in [-0.2, 0) is 13.1 Å². The molecule has 0 amide bonds. The van der Waals surface area contributed by atoms with Gasteiger partial charge in [0.05, 0.1) is 4.47 Å². The monoisotopic (exact) mass is 346 g/mol. The minimum atomic E-state index is -0.229. The van der Waals surface area contributed by atoms with E-state index in [1.54, 1.807) is 0 Å². The molecule has 0 spiro atoms. The van der Waals surface area contributed by atoms with Gasteiger partial charge in [0, 0.05) is 30.2 Å². The van der Waals surface area contributed by atoms with Crippen LogP contribution in [0.4, 0.5) is 4.39 Å². The van der Waals surface area contributed by atoms with Crippen LogP contribution >= 0.6 is 15.9 Å². The molecule has 0 aliphatic carbocycles. The summed E-state index contributed by atoms with van der Waals surface area (Å²) in [6.45, 7) is 1.58. The van der Waals surface area contributed by atoms with Crippen LogP contribution in [0.2, 0.25) is 0 Å². The molecule has 4 heteroatoms. The Kier molecular flexibility index (Phi) is 4.08. The summed E-state index contributed by atoms with van der Waals surface area (Å²) in [4.78, 5) is 0. The van der Waals surface area contributed by atoms with Gasteiger partial charge in [-0.05, 0) is 58.4 Å². The Bertz CT molecular complexity index is 780. The van der Waals surface area contributed by atoms with Crippen molar-refractivity contribution in [2.24, 2.45) is 0 Å². The highest BCUT2D eigenvalue weighted by molar-refractivity contribution is 9.10. The highest BCUT2D eigenvalue weighted by Crippen LogP contribution is 2.23. The van der Waals surface area contributed by atoms with E-state index >= 15 is 0 Å². The van der Waals surface area contributed by atoms with E-state index in [0.29, 0.717) is 4.47 Å². The van der Waals surface area contributed by atoms with Crippen LogP contribution in [0.15, 0.2) is 53.1 Å². The second kappa shape index (κ2) is 6.00. The predicted octanol–water partition coefficient (Wildman–Crippen LogP) is 4.31. The van der Waals surface area contributed by atoms with Gasteiger partial charge in [-0.25, -0.2) is 4.39 Å². The molecule has 2 nitrogen and oxygen atoms in total. The van der Waals surface area contributed by atoms with Gasteiger partial charge in [-0.3, -0.25) is 0 Å². The van der Waals surface area contributed by atoms with Gasteiger partial charge in [-0.1, -0.05) is 18.2 Å². The van der Waals surface area contributed by atoms with Gasteiger partial charge < -0.3 is 9.88 Å². The third-order valence-electron chi connectivity index (χ3n) is 3.61. The zero-order chi connectivity index (χ0) is 14.8. The highest BCUT2D eigenvalue weighted by Gasteiger charge is 2.07. The first-order valence-corrected chi connectivity index (χ1v) is 7.63. The lowest BCUT2D eigenvalue weighted by Gasteiger charge is -2.08. The van der Waals surface area contributed by atoms with Crippen LogP contribution < -0.4 is 5.32 Å². The summed E-state index contributed by atoms with van der Waals surface area (Å²) in [6.07, 6.45) is 2.08. The summed E-state index contributed by atoms with van der Waals surface area (Å²) in [5.74, 6) is -0.229. The molecule has 108 valence electrons. The topological polar surface area (TPSA) is 17.0 Å². The number of hydrogen-bond donors (Lipinski definition) is 1. The highest BCUT2D eigenvalue weighted by atomic mass is 79.9. The maximum Gasteiger partial charge on any atom is 0.137 e. The summed E-state index contributed by atoms with van der Waals surface area (Å²) in [5.41, 5.74) is 3.55. The fourth-order valence-electron chi connectivity index (χ4n) is 2.60. The van der Waals surface area contributed by atoms with Crippen molar-refractivity contribution in [3.8, 4) is 0 Å². The van der Waals surface area contributed by atoms with Crippen molar-refractivity contribution >= 4 is 26.8 Å². The molecule has 3 aromatic rings. The average Bonchev–Trinajstić information content (AvgIpc) is 2.88. The molecular weight excluding hydrogens is 331 g/mol. The van der Waals surface area contributed by atoms with Crippen LogP contribution in [0.1, 0.15) is 11.1 Å². The second-order valence-corrected chi connectivity index (χ2v) is 5.93. The molecule has 0 saturated carbocycles. The molecule has 0 fully saturated rings. The lowest BCUT2D eigenvalue weighted by Crippen LogP contribution is -2.05. The third-order valence-corrected chi connectivity index (χ3v) is 4.22. The second-order valence-electron chi connectivity index (χ2n) is 5.07. The van der Waals surface area contributed by atoms with Gasteiger partial charge in [0.2, 0.25) is 0 Å². The number of hydrogen-bond acceptors (Lipinski definition) is 1. The average molecular weight is 347 g/mol. The number of nitrogens with zero attached hydrogens (tertiary/aromatic N) is 1. The van der Waals surface area contributed by atoms with Crippen LogP contribution in [0.25, 0.3) is 10.9 Å². The maximum atomic E-state index is 13.3. The van der Waals surface area contributed by atoms with Crippen molar-refractivity contribution in [3.63, 3.8) is 0 Å². The number of nitrogens with one attached hydrogen (secondary N) is 1. The van der Waals surface area contributed by atoms with E-state index in [2.05, 4.69) is 56.3 Å². The predicted molar refractivity (Wildman–Crippen MR) is 87.9 cm³/mol. The molecule has 0 aliphatic rings. The summed E-state index contributed by atoms with van der Waals surface area (Å²) < 4.78 is 16.0. The SMILES string of the molecule is CNCc1cccc2c1ccn2Cc1ccc(F)c(Br)c1. The van der Waals surface area contributed by atoms with Crippen molar-refractivity contribution in [1.82, 2.24) is 9.88 Å². The van der Waals surface area contributed by atoms with Crippen LogP contribution in [0, 0.1) is 5.82 Å². The normalized spacial score (nSPS) is 11.2. The number of benzene rings is 2. The third kappa shape index (κ3) is 2.87. The molecular formula is C17H16BrFN2. The van der Waals surface area contributed by atoms with Crippen molar-refractivity contribution < 1.29 is 4.39 Å². The number of fused-ring (bicyclic) bond motifs is 1. The Hall–Kier alpha value is -1.65. The van der Waals surface area contributed by atoms with Gasteiger partial charge in [0.15, 0.2) is 0 Å². The standard InChI is InChI=1S/C17H16BrFN2/c1-20-10-13-3-2-4-17-14(13)7-8-21(17)11-12-5-6-16(19)15(18)9-12/h2-9,20H,10-11H2,1H3. The first kappa shape index (κ1) is 14.3. The zero-order valence-corrected chi connectivity index (χ0v) is 13.3. The minimum Gasteiger partial charge on any atom is -0.343 e. The van der Waals surface area contributed by atoms with E-state index in [9.17, 15) is 4.39 Å². The van der Waals surface area contributed by atoms with Crippen molar-refractivity contribution in [1.29, 1.82) is 0 Å². The van der Waals surface area contributed by atoms with E-state index < -0.39 is 0 Å². The Morgan fingerprint density at radius 2 is 2.05 bits per heavy atom. The van der Waals surface area contributed by atoms with E-state index in [4.69, 9.17) is 0 Å². The summed E-state index contributed by atoms with van der Waals surface area (Å²) in [5, 5.41) is 4.45. The van der Waals surface area contributed by atoms with Crippen molar-refractivity contribution in [2.75, 3.05) is 7.05 Å². The fraction of sp³-hybridized carbons (Fsp3) is 0.176. The Morgan fingerprint density at radius 1 is 1.19 bits per heavy atom. The van der Waals surface area contributed by atoms with E-state index in [0.717, 1.165) is 18.7 Å². The minimum absolute atomic E-state index is 0.229. The van der Waals surface area contributed by atoms with Crippen molar-refractivity contribution in [2.45, 2.75) is 13.1 Å². The van der Waals surface area contributed by atoms with Crippen LogP contribution in [-0.4, -0.2) is 11.6 Å². The Labute approximate surface area is 131 Å². The van der Waals surface area contributed by atoms with E-state index in [1.165, 1.54) is 22.5 Å². The molecule has 0 radical (unpaired) electrons. The smallest absolute Gasteiger partial charge is 0.137 e. The van der Waals surface area contributed by atoms with Crippen LogP contribution in [0.3, 0.4) is 0 Å². The largest absolute Gasteiger partial charge is 0.343 e. The number of rotatable bonds is 4. The summed E-state index contributed by atoms with van der Waals surface area (Å²) in [6, 6.07) is 13.6. The first-order chi connectivity index (χ1) is 10.2. The van der Waals surface area contributed by atoms with Gasteiger partial charge in [-0.15, -0.1) is 0 Å². The molecule has 2 aromatic carbocycles. The van der Waals surface area contributed by atoms with Crippen molar-refractivity contribution in [3.05, 3.63) is 70.1 Å².